The lowest BCUT2D eigenvalue weighted by Crippen LogP contribution is -2.21. The molecular weight excluding hydrogens is 168 g/mol. The van der Waals surface area contributed by atoms with Crippen molar-refractivity contribution in [3.8, 4) is 12.3 Å². The van der Waals surface area contributed by atoms with Gasteiger partial charge in [-0.3, -0.25) is 0 Å². The highest BCUT2D eigenvalue weighted by Crippen LogP contribution is 2.09. The van der Waals surface area contributed by atoms with Crippen molar-refractivity contribution < 1.29 is 14.6 Å². The molecule has 0 heterocycles. The van der Waals surface area contributed by atoms with Gasteiger partial charge in [-0.25, -0.2) is 0 Å². The molecule has 3 heteroatoms. The van der Waals surface area contributed by atoms with E-state index in [1.54, 1.807) is 7.11 Å². The summed E-state index contributed by atoms with van der Waals surface area (Å²) in [4.78, 5) is 0. The van der Waals surface area contributed by atoms with Gasteiger partial charge in [0.05, 0.1) is 12.2 Å². The lowest BCUT2D eigenvalue weighted by atomic mass is 10.1. The minimum Gasteiger partial charge on any atom is -0.393 e. The second-order valence-electron chi connectivity index (χ2n) is 2.90. The van der Waals surface area contributed by atoms with Crippen LogP contribution in [0.4, 0.5) is 0 Å². The molecule has 0 fully saturated rings. The molecule has 0 spiro atoms. The zero-order valence-corrected chi connectivity index (χ0v) is 8.32. The molecule has 0 aliphatic heterocycles. The summed E-state index contributed by atoms with van der Waals surface area (Å²) in [7, 11) is 1.56. The Bertz CT molecular complexity index is 151. The summed E-state index contributed by atoms with van der Waals surface area (Å²) < 4.78 is 10.0. The first-order valence-electron chi connectivity index (χ1n) is 4.46. The van der Waals surface area contributed by atoms with Crippen LogP contribution in [0, 0.1) is 12.3 Å². The van der Waals surface area contributed by atoms with E-state index >= 15 is 0 Å². The van der Waals surface area contributed by atoms with Crippen molar-refractivity contribution in [2.75, 3.05) is 13.9 Å². The van der Waals surface area contributed by atoms with Crippen molar-refractivity contribution in [1.29, 1.82) is 0 Å². The van der Waals surface area contributed by atoms with Gasteiger partial charge in [0.1, 0.15) is 6.79 Å². The number of hydrogen-bond donors (Lipinski definition) is 1. The standard InChI is InChI=1S/C10H18O3/c1-4-6-10(13-8-12-3)7-9(11)5-2/h1,9-11H,5-8H2,2-3H3/t9-,10-/m1/s1. The van der Waals surface area contributed by atoms with Crippen LogP contribution in [-0.2, 0) is 9.47 Å². The maximum atomic E-state index is 9.36. The first-order chi connectivity index (χ1) is 6.24. The summed E-state index contributed by atoms with van der Waals surface area (Å²) in [6.07, 6.45) is 6.54. The van der Waals surface area contributed by atoms with Crippen molar-refractivity contribution in [3.63, 3.8) is 0 Å². The molecule has 76 valence electrons. The van der Waals surface area contributed by atoms with Gasteiger partial charge >= 0.3 is 0 Å². The maximum absolute atomic E-state index is 9.36. The average molecular weight is 186 g/mol. The molecule has 0 aliphatic carbocycles. The molecule has 0 amide bonds. The van der Waals surface area contributed by atoms with Gasteiger partial charge in [-0.05, 0) is 6.42 Å². The number of aliphatic hydroxyl groups excluding tert-OH is 1. The minimum atomic E-state index is -0.338. The molecule has 2 atom stereocenters. The Labute approximate surface area is 80.0 Å². The molecule has 0 unspecified atom stereocenters. The zero-order chi connectivity index (χ0) is 10.1. The molecule has 0 aliphatic rings. The third kappa shape index (κ3) is 6.59. The van der Waals surface area contributed by atoms with Gasteiger partial charge < -0.3 is 14.6 Å². The van der Waals surface area contributed by atoms with Crippen LogP contribution < -0.4 is 0 Å². The fraction of sp³-hybridized carbons (Fsp3) is 0.800. The van der Waals surface area contributed by atoms with E-state index in [0.717, 1.165) is 6.42 Å². The summed E-state index contributed by atoms with van der Waals surface area (Å²) in [6, 6.07) is 0. The highest BCUT2D eigenvalue weighted by Gasteiger charge is 2.12. The topological polar surface area (TPSA) is 38.7 Å². The van der Waals surface area contributed by atoms with Crippen LogP contribution in [-0.4, -0.2) is 31.2 Å². The minimum absolute atomic E-state index is 0.0973. The summed E-state index contributed by atoms with van der Waals surface area (Å²) in [5, 5.41) is 9.36. The first kappa shape index (κ1) is 12.4. The van der Waals surface area contributed by atoms with Crippen LogP contribution in [0.15, 0.2) is 0 Å². The van der Waals surface area contributed by atoms with Crippen LogP contribution in [0.25, 0.3) is 0 Å². The number of methoxy groups -OCH3 is 1. The first-order valence-corrected chi connectivity index (χ1v) is 4.46. The summed E-state index contributed by atoms with van der Waals surface area (Å²) >= 11 is 0. The molecule has 0 aromatic heterocycles. The number of hydrogen-bond acceptors (Lipinski definition) is 3. The maximum Gasteiger partial charge on any atom is 0.146 e. The predicted octanol–water partition coefficient (Wildman–Crippen LogP) is 1.16. The highest BCUT2D eigenvalue weighted by molar-refractivity contribution is 4.88. The van der Waals surface area contributed by atoms with Gasteiger partial charge in [-0.1, -0.05) is 6.92 Å². The van der Waals surface area contributed by atoms with Crippen LogP contribution in [0.3, 0.4) is 0 Å². The largest absolute Gasteiger partial charge is 0.393 e. The van der Waals surface area contributed by atoms with Crippen molar-refractivity contribution in [2.45, 2.75) is 38.4 Å². The molecule has 0 rings (SSSR count). The van der Waals surface area contributed by atoms with Crippen LogP contribution >= 0.6 is 0 Å². The van der Waals surface area contributed by atoms with E-state index in [0.29, 0.717) is 12.8 Å². The Morgan fingerprint density at radius 1 is 1.54 bits per heavy atom. The van der Waals surface area contributed by atoms with Crippen molar-refractivity contribution in [1.82, 2.24) is 0 Å². The normalized spacial score (nSPS) is 14.9. The molecule has 0 saturated carbocycles. The molecule has 0 aromatic carbocycles. The van der Waals surface area contributed by atoms with Gasteiger partial charge in [-0.15, -0.1) is 12.3 Å². The Morgan fingerprint density at radius 3 is 2.69 bits per heavy atom. The fourth-order valence-corrected chi connectivity index (χ4v) is 0.976. The van der Waals surface area contributed by atoms with E-state index in [4.69, 9.17) is 15.9 Å². The summed E-state index contributed by atoms with van der Waals surface area (Å²) in [5.41, 5.74) is 0. The summed E-state index contributed by atoms with van der Waals surface area (Å²) in [5.74, 6) is 2.51. The van der Waals surface area contributed by atoms with Crippen molar-refractivity contribution in [2.24, 2.45) is 0 Å². The van der Waals surface area contributed by atoms with Gasteiger partial charge in [0, 0.05) is 20.0 Å². The second kappa shape index (κ2) is 8.06. The van der Waals surface area contributed by atoms with Gasteiger partial charge in [0.15, 0.2) is 0 Å². The quantitative estimate of drug-likeness (QED) is 0.479. The number of terminal acetylenes is 1. The molecule has 13 heavy (non-hydrogen) atoms. The van der Waals surface area contributed by atoms with Crippen molar-refractivity contribution in [3.05, 3.63) is 0 Å². The van der Waals surface area contributed by atoms with Crippen molar-refractivity contribution >= 4 is 0 Å². The highest BCUT2D eigenvalue weighted by atomic mass is 16.7. The molecule has 1 N–H and O–H groups in total. The van der Waals surface area contributed by atoms with Crippen LogP contribution in [0.2, 0.25) is 0 Å². The smallest absolute Gasteiger partial charge is 0.146 e. The number of rotatable bonds is 7. The monoisotopic (exact) mass is 186 g/mol. The molecule has 3 nitrogen and oxygen atoms in total. The summed E-state index contributed by atoms with van der Waals surface area (Å²) in [6.45, 7) is 2.15. The van der Waals surface area contributed by atoms with E-state index in [2.05, 4.69) is 5.92 Å². The van der Waals surface area contributed by atoms with E-state index in [9.17, 15) is 5.11 Å². The lowest BCUT2D eigenvalue weighted by molar-refractivity contribution is -0.0823. The Hall–Kier alpha value is -0.560. The van der Waals surface area contributed by atoms with E-state index in [-0.39, 0.29) is 19.0 Å². The van der Waals surface area contributed by atoms with Crippen LogP contribution in [0.1, 0.15) is 26.2 Å². The average Bonchev–Trinajstić information content (AvgIpc) is 2.14. The van der Waals surface area contributed by atoms with E-state index in [1.165, 1.54) is 0 Å². The molecule has 0 bridgehead atoms. The SMILES string of the molecule is C#CC[C@H](C[C@H](O)CC)OCOC. The fourth-order valence-electron chi connectivity index (χ4n) is 0.976. The molecule has 0 saturated heterocycles. The second-order valence-corrected chi connectivity index (χ2v) is 2.90. The zero-order valence-electron chi connectivity index (χ0n) is 8.32. The number of ether oxygens (including phenoxy) is 2. The van der Waals surface area contributed by atoms with E-state index < -0.39 is 0 Å². The lowest BCUT2D eigenvalue weighted by Gasteiger charge is -2.17. The Balaban J connectivity index is 3.73. The third-order valence-electron chi connectivity index (χ3n) is 1.77. The Morgan fingerprint density at radius 2 is 2.23 bits per heavy atom. The third-order valence-corrected chi connectivity index (χ3v) is 1.77. The molecule has 0 aromatic rings. The van der Waals surface area contributed by atoms with Crippen LogP contribution in [0.5, 0.6) is 0 Å². The molecule has 0 radical (unpaired) electrons. The number of aliphatic hydroxyl groups is 1. The van der Waals surface area contributed by atoms with Gasteiger partial charge in [0.2, 0.25) is 0 Å². The Kier molecular flexibility index (Phi) is 7.71. The molecular formula is C10H18O3. The predicted molar refractivity (Wildman–Crippen MR) is 51.1 cm³/mol. The van der Waals surface area contributed by atoms with E-state index in [1.807, 2.05) is 6.92 Å². The van der Waals surface area contributed by atoms with Gasteiger partial charge in [-0.2, -0.15) is 0 Å². The van der Waals surface area contributed by atoms with Gasteiger partial charge in [0.25, 0.3) is 0 Å².